The average molecular weight is 234 g/mol. The predicted octanol–water partition coefficient (Wildman–Crippen LogP) is 1.40. The van der Waals surface area contributed by atoms with Crippen LogP contribution in [0, 0.1) is 11.3 Å². The summed E-state index contributed by atoms with van der Waals surface area (Å²) in [6.45, 7) is 5.32. The number of hydrogen-bond acceptors (Lipinski definition) is 5. The van der Waals surface area contributed by atoms with E-state index in [4.69, 9.17) is 15.7 Å². The molecule has 1 aromatic heterocycles. The van der Waals surface area contributed by atoms with Crippen molar-refractivity contribution in [2.45, 2.75) is 20.0 Å². The van der Waals surface area contributed by atoms with Gasteiger partial charge in [0, 0.05) is 19.8 Å². The van der Waals surface area contributed by atoms with Crippen LogP contribution >= 0.6 is 0 Å². The second-order valence-corrected chi connectivity index (χ2v) is 4.09. The fraction of sp³-hybridized carbons (Fsp3) is 0.500. The molecular formula is C12H18N4O. The van der Waals surface area contributed by atoms with Gasteiger partial charge in [-0.05, 0) is 19.9 Å². The molecule has 1 rings (SSSR count). The lowest BCUT2D eigenvalue weighted by atomic mass is 10.2. The maximum atomic E-state index is 8.71. The number of nitriles is 1. The Morgan fingerprint density at radius 1 is 1.59 bits per heavy atom. The summed E-state index contributed by atoms with van der Waals surface area (Å²) in [6.07, 6.45) is 1.74. The number of aromatic nitrogens is 1. The summed E-state index contributed by atoms with van der Waals surface area (Å²) in [5.41, 5.74) is 6.81. The number of nitrogens with zero attached hydrogens (tertiary/aromatic N) is 3. The van der Waals surface area contributed by atoms with Crippen LogP contribution in [0.15, 0.2) is 12.3 Å². The van der Waals surface area contributed by atoms with Crippen molar-refractivity contribution in [1.82, 2.24) is 4.98 Å². The molecular weight excluding hydrogens is 216 g/mol. The summed E-state index contributed by atoms with van der Waals surface area (Å²) < 4.78 is 5.46. The second kappa shape index (κ2) is 6.06. The summed E-state index contributed by atoms with van der Waals surface area (Å²) in [4.78, 5) is 6.09. The summed E-state index contributed by atoms with van der Waals surface area (Å²) >= 11 is 0. The Balaban J connectivity index is 2.63. The molecule has 5 heteroatoms. The summed E-state index contributed by atoms with van der Waals surface area (Å²) in [6, 6.07) is 3.63. The second-order valence-electron chi connectivity index (χ2n) is 4.09. The molecule has 2 N–H and O–H groups in total. The first-order valence-electron chi connectivity index (χ1n) is 5.53. The molecule has 92 valence electrons. The standard InChI is InChI=1S/C12H18N4O/c1-9(2)17-5-4-16(3)12-11(14)6-10(7-13)8-15-12/h6,8-9H,4-5,14H2,1-3H3. The van der Waals surface area contributed by atoms with Crippen molar-refractivity contribution in [3.63, 3.8) is 0 Å². The monoisotopic (exact) mass is 234 g/mol. The molecule has 17 heavy (non-hydrogen) atoms. The number of hydrogen-bond donors (Lipinski definition) is 1. The zero-order valence-corrected chi connectivity index (χ0v) is 10.5. The SMILES string of the molecule is CC(C)OCCN(C)c1ncc(C#N)cc1N. The fourth-order valence-electron chi connectivity index (χ4n) is 1.39. The molecule has 0 amide bonds. The minimum atomic E-state index is 0.217. The molecule has 0 atom stereocenters. The highest BCUT2D eigenvalue weighted by atomic mass is 16.5. The average Bonchev–Trinajstić information content (AvgIpc) is 2.28. The van der Waals surface area contributed by atoms with E-state index < -0.39 is 0 Å². The molecule has 0 bridgehead atoms. The summed E-state index contributed by atoms with van der Waals surface area (Å²) in [5.74, 6) is 0.677. The van der Waals surface area contributed by atoms with Crippen LogP contribution in [-0.2, 0) is 4.74 Å². The molecule has 0 saturated heterocycles. The molecule has 0 unspecified atom stereocenters. The fourth-order valence-corrected chi connectivity index (χ4v) is 1.39. The molecule has 0 aliphatic rings. The van der Waals surface area contributed by atoms with Crippen LogP contribution in [0.3, 0.4) is 0 Å². The van der Waals surface area contributed by atoms with Gasteiger partial charge in [-0.1, -0.05) is 0 Å². The van der Waals surface area contributed by atoms with Crippen LogP contribution < -0.4 is 10.6 Å². The van der Waals surface area contributed by atoms with Crippen molar-refractivity contribution in [1.29, 1.82) is 5.26 Å². The minimum absolute atomic E-state index is 0.217. The third-order valence-electron chi connectivity index (χ3n) is 2.26. The quantitative estimate of drug-likeness (QED) is 0.833. The van der Waals surface area contributed by atoms with Gasteiger partial charge in [-0.3, -0.25) is 0 Å². The van der Waals surface area contributed by atoms with Gasteiger partial charge in [-0.2, -0.15) is 5.26 Å². The number of ether oxygens (including phenoxy) is 1. The Labute approximate surface area is 102 Å². The van der Waals surface area contributed by atoms with Crippen molar-refractivity contribution in [3.05, 3.63) is 17.8 Å². The third-order valence-corrected chi connectivity index (χ3v) is 2.26. The largest absolute Gasteiger partial charge is 0.396 e. The molecule has 0 aliphatic carbocycles. The van der Waals surface area contributed by atoms with E-state index in [0.717, 1.165) is 0 Å². The van der Waals surface area contributed by atoms with Gasteiger partial charge in [0.1, 0.15) is 6.07 Å². The van der Waals surface area contributed by atoms with E-state index >= 15 is 0 Å². The minimum Gasteiger partial charge on any atom is -0.396 e. The smallest absolute Gasteiger partial charge is 0.151 e. The molecule has 1 aromatic rings. The Morgan fingerprint density at radius 3 is 2.82 bits per heavy atom. The van der Waals surface area contributed by atoms with E-state index in [1.807, 2.05) is 31.9 Å². The topological polar surface area (TPSA) is 75.2 Å². The number of rotatable bonds is 5. The van der Waals surface area contributed by atoms with Crippen molar-refractivity contribution in [2.75, 3.05) is 30.8 Å². The van der Waals surface area contributed by atoms with E-state index in [1.54, 1.807) is 6.07 Å². The molecule has 0 aromatic carbocycles. The number of anilines is 2. The van der Waals surface area contributed by atoms with Gasteiger partial charge < -0.3 is 15.4 Å². The highest BCUT2D eigenvalue weighted by Crippen LogP contribution is 2.19. The van der Waals surface area contributed by atoms with Crippen LogP contribution in [0.5, 0.6) is 0 Å². The maximum absolute atomic E-state index is 8.71. The molecule has 0 radical (unpaired) electrons. The molecule has 0 saturated carbocycles. The number of nitrogens with two attached hydrogens (primary N) is 1. The van der Waals surface area contributed by atoms with E-state index in [9.17, 15) is 0 Å². The lowest BCUT2D eigenvalue weighted by molar-refractivity contribution is 0.0845. The van der Waals surface area contributed by atoms with Crippen molar-refractivity contribution < 1.29 is 4.74 Å². The zero-order valence-electron chi connectivity index (χ0n) is 10.5. The summed E-state index contributed by atoms with van der Waals surface area (Å²) in [7, 11) is 1.90. The molecule has 0 spiro atoms. The first-order chi connectivity index (χ1) is 8.04. The van der Waals surface area contributed by atoms with Crippen LogP contribution in [0.25, 0.3) is 0 Å². The van der Waals surface area contributed by atoms with E-state index in [1.165, 1.54) is 6.20 Å². The first-order valence-corrected chi connectivity index (χ1v) is 5.53. The Kier molecular flexibility index (Phi) is 4.73. The highest BCUT2D eigenvalue weighted by molar-refractivity contribution is 5.64. The van der Waals surface area contributed by atoms with Gasteiger partial charge >= 0.3 is 0 Å². The van der Waals surface area contributed by atoms with Crippen LogP contribution in [0.4, 0.5) is 11.5 Å². The van der Waals surface area contributed by atoms with E-state index in [2.05, 4.69) is 4.98 Å². The lowest BCUT2D eigenvalue weighted by Gasteiger charge is -2.20. The normalized spacial score (nSPS) is 10.3. The number of nitrogen functional groups attached to an aromatic ring is 1. The number of pyridine rings is 1. The maximum Gasteiger partial charge on any atom is 0.151 e. The molecule has 1 heterocycles. The van der Waals surface area contributed by atoms with Crippen molar-refractivity contribution >= 4 is 11.5 Å². The van der Waals surface area contributed by atoms with Crippen LogP contribution in [0.2, 0.25) is 0 Å². The zero-order chi connectivity index (χ0) is 12.8. The molecule has 0 aliphatic heterocycles. The summed E-state index contributed by atoms with van der Waals surface area (Å²) in [5, 5.41) is 8.71. The van der Waals surface area contributed by atoms with Gasteiger partial charge in [0.25, 0.3) is 0 Å². The third kappa shape index (κ3) is 3.93. The Hall–Kier alpha value is -1.80. The van der Waals surface area contributed by atoms with E-state index in [0.29, 0.717) is 30.2 Å². The van der Waals surface area contributed by atoms with Gasteiger partial charge in [0.15, 0.2) is 5.82 Å². The lowest BCUT2D eigenvalue weighted by Crippen LogP contribution is -2.25. The van der Waals surface area contributed by atoms with Crippen molar-refractivity contribution in [3.8, 4) is 6.07 Å². The van der Waals surface area contributed by atoms with E-state index in [-0.39, 0.29) is 6.10 Å². The van der Waals surface area contributed by atoms with Crippen LogP contribution in [0.1, 0.15) is 19.4 Å². The molecule has 5 nitrogen and oxygen atoms in total. The first kappa shape index (κ1) is 13.3. The highest BCUT2D eigenvalue weighted by Gasteiger charge is 2.08. The molecule has 0 fully saturated rings. The number of likely N-dealkylation sites (N-methyl/N-ethyl adjacent to an activating group) is 1. The van der Waals surface area contributed by atoms with Gasteiger partial charge in [0.05, 0.1) is 24.0 Å². The van der Waals surface area contributed by atoms with Gasteiger partial charge in [0.2, 0.25) is 0 Å². The van der Waals surface area contributed by atoms with Crippen LogP contribution in [-0.4, -0.2) is 31.3 Å². The Morgan fingerprint density at radius 2 is 2.29 bits per heavy atom. The van der Waals surface area contributed by atoms with Gasteiger partial charge in [-0.25, -0.2) is 4.98 Å². The predicted molar refractivity (Wildman–Crippen MR) is 67.7 cm³/mol. The van der Waals surface area contributed by atoms with Crippen molar-refractivity contribution in [2.24, 2.45) is 0 Å². The Bertz CT molecular complexity index is 411. The van der Waals surface area contributed by atoms with Gasteiger partial charge in [-0.15, -0.1) is 0 Å².